The number of carbonyl (C=O) groups is 1. The van der Waals surface area contributed by atoms with Crippen molar-refractivity contribution in [2.45, 2.75) is 45.3 Å². The number of aromatic nitrogens is 3. The number of pyridine rings is 1. The van der Waals surface area contributed by atoms with Gasteiger partial charge >= 0.3 is 12.1 Å². The standard InChI is InChI=1S/C17H23N5O3/c1-17(2,3)25-16(23)22-8-6-13(11-22)14-20-21-15(24-14)19-10-12-5-4-7-18-9-12/h4-5,7,9,13H,6,8,10-11H2,1-3H3,(H,19,21). The van der Waals surface area contributed by atoms with Gasteiger partial charge in [-0.15, -0.1) is 5.10 Å². The van der Waals surface area contributed by atoms with Crippen LogP contribution in [0.3, 0.4) is 0 Å². The third-order valence-corrected chi connectivity index (χ3v) is 3.80. The summed E-state index contributed by atoms with van der Waals surface area (Å²) in [6, 6.07) is 4.21. The first-order chi connectivity index (χ1) is 11.9. The van der Waals surface area contributed by atoms with E-state index < -0.39 is 5.60 Å². The van der Waals surface area contributed by atoms with Gasteiger partial charge in [-0.3, -0.25) is 4.98 Å². The van der Waals surface area contributed by atoms with Gasteiger partial charge in [-0.2, -0.15) is 0 Å². The molecule has 0 bridgehead atoms. The highest BCUT2D eigenvalue weighted by Crippen LogP contribution is 2.28. The van der Waals surface area contributed by atoms with E-state index in [1.807, 2.05) is 32.9 Å². The van der Waals surface area contributed by atoms with Crippen LogP contribution in [0.4, 0.5) is 10.8 Å². The molecule has 1 unspecified atom stereocenters. The van der Waals surface area contributed by atoms with E-state index in [1.165, 1.54) is 0 Å². The van der Waals surface area contributed by atoms with Gasteiger partial charge in [0.1, 0.15) is 5.60 Å². The molecule has 3 rings (SSSR count). The molecule has 2 aromatic heterocycles. The van der Waals surface area contributed by atoms with E-state index in [0.717, 1.165) is 12.0 Å². The molecule has 0 aromatic carbocycles. The lowest BCUT2D eigenvalue weighted by Crippen LogP contribution is -2.35. The molecule has 0 radical (unpaired) electrons. The monoisotopic (exact) mass is 345 g/mol. The smallest absolute Gasteiger partial charge is 0.410 e. The Labute approximate surface area is 146 Å². The number of carbonyl (C=O) groups excluding carboxylic acids is 1. The lowest BCUT2D eigenvalue weighted by Gasteiger charge is -2.24. The quantitative estimate of drug-likeness (QED) is 0.910. The maximum absolute atomic E-state index is 12.1. The van der Waals surface area contributed by atoms with Crippen LogP contribution >= 0.6 is 0 Å². The number of nitrogens with zero attached hydrogens (tertiary/aromatic N) is 4. The van der Waals surface area contributed by atoms with Crippen LogP contribution in [-0.4, -0.2) is 44.9 Å². The minimum absolute atomic E-state index is 0.0361. The highest BCUT2D eigenvalue weighted by molar-refractivity contribution is 5.68. The number of likely N-dealkylation sites (tertiary alicyclic amines) is 1. The highest BCUT2D eigenvalue weighted by Gasteiger charge is 2.33. The molecule has 3 heterocycles. The van der Waals surface area contributed by atoms with Crippen LogP contribution in [0.1, 0.15) is 44.6 Å². The molecule has 1 aliphatic rings. The Morgan fingerprint density at radius 3 is 3.00 bits per heavy atom. The van der Waals surface area contributed by atoms with E-state index in [-0.39, 0.29) is 12.0 Å². The molecule has 8 nitrogen and oxygen atoms in total. The minimum Gasteiger partial charge on any atom is -0.444 e. The van der Waals surface area contributed by atoms with Crippen molar-refractivity contribution in [3.8, 4) is 0 Å². The Morgan fingerprint density at radius 2 is 2.28 bits per heavy atom. The van der Waals surface area contributed by atoms with Gasteiger partial charge in [0.05, 0.1) is 5.92 Å². The fourth-order valence-corrected chi connectivity index (χ4v) is 2.61. The molecule has 1 fully saturated rings. The number of nitrogens with one attached hydrogen (secondary N) is 1. The molecule has 0 saturated carbocycles. The van der Waals surface area contributed by atoms with Crippen molar-refractivity contribution >= 4 is 12.1 Å². The predicted molar refractivity (Wildman–Crippen MR) is 91.0 cm³/mol. The number of amides is 1. The van der Waals surface area contributed by atoms with Crippen molar-refractivity contribution < 1.29 is 13.9 Å². The Kier molecular flexibility index (Phi) is 4.87. The van der Waals surface area contributed by atoms with Crippen LogP contribution in [0.2, 0.25) is 0 Å². The minimum atomic E-state index is -0.497. The van der Waals surface area contributed by atoms with Crippen molar-refractivity contribution in [3.63, 3.8) is 0 Å². The van der Waals surface area contributed by atoms with Gasteiger partial charge < -0.3 is 19.4 Å². The highest BCUT2D eigenvalue weighted by atomic mass is 16.6. The molecule has 134 valence electrons. The van der Waals surface area contributed by atoms with Gasteiger partial charge in [-0.1, -0.05) is 11.2 Å². The largest absolute Gasteiger partial charge is 0.444 e. The maximum Gasteiger partial charge on any atom is 0.410 e. The molecule has 25 heavy (non-hydrogen) atoms. The van der Waals surface area contributed by atoms with Gasteiger partial charge in [-0.05, 0) is 38.8 Å². The molecule has 1 amide bonds. The molecule has 1 atom stereocenters. The lowest BCUT2D eigenvalue weighted by molar-refractivity contribution is 0.0291. The van der Waals surface area contributed by atoms with E-state index in [4.69, 9.17) is 9.15 Å². The van der Waals surface area contributed by atoms with Crippen LogP contribution in [-0.2, 0) is 11.3 Å². The SMILES string of the molecule is CC(C)(C)OC(=O)N1CCC(c2nnc(NCc3cccnc3)o2)C1. The van der Waals surface area contributed by atoms with E-state index in [0.29, 0.717) is 31.5 Å². The lowest BCUT2D eigenvalue weighted by atomic mass is 10.1. The predicted octanol–water partition coefficient (Wildman–Crippen LogP) is 2.80. The zero-order chi connectivity index (χ0) is 17.9. The molecule has 2 aromatic rings. The number of hydrogen-bond donors (Lipinski definition) is 1. The van der Waals surface area contributed by atoms with Crippen molar-refractivity contribution in [1.82, 2.24) is 20.1 Å². The van der Waals surface area contributed by atoms with E-state index >= 15 is 0 Å². The van der Waals surface area contributed by atoms with Crippen LogP contribution in [0.25, 0.3) is 0 Å². The molecule has 1 N–H and O–H groups in total. The zero-order valence-corrected chi connectivity index (χ0v) is 14.7. The second-order valence-electron chi connectivity index (χ2n) is 7.07. The maximum atomic E-state index is 12.1. The number of rotatable bonds is 4. The molecule has 8 heteroatoms. The van der Waals surface area contributed by atoms with Gasteiger partial charge in [0.25, 0.3) is 0 Å². The first-order valence-corrected chi connectivity index (χ1v) is 8.35. The van der Waals surface area contributed by atoms with Crippen molar-refractivity contribution in [2.24, 2.45) is 0 Å². The molecule has 0 spiro atoms. The fraction of sp³-hybridized carbons (Fsp3) is 0.529. The van der Waals surface area contributed by atoms with Gasteiger partial charge in [0, 0.05) is 32.0 Å². The summed E-state index contributed by atoms with van der Waals surface area (Å²) in [6.45, 7) is 7.29. The van der Waals surface area contributed by atoms with Crippen LogP contribution in [0.5, 0.6) is 0 Å². The van der Waals surface area contributed by atoms with Crippen molar-refractivity contribution in [1.29, 1.82) is 0 Å². The molecule has 1 saturated heterocycles. The fourth-order valence-electron chi connectivity index (χ4n) is 2.61. The van der Waals surface area contributed by atoms with Crippen LogP contribution in [0, 0.1) is 0 Å². The van der Waals surface area contributed by atoms with Gasteiger partial charge in [-0.25, -0.2) is 4.79 Å². The summed E-state index contributed by atoms with van der Waals surface area (Å²) in [5.74, 6) is 0.578. The normalized spacial score (nSPS) is 17.6. The van der Waals surface area contributed by atoms with Gasteiger partial charge in [0.2, 0.25) is 5.89 Å². The van der Waals surface area contributed by atoms with Crippen molar-refractivity contribution in [2.75, 3.05) is 18.4 Å². The van der Waals surface area contributed by atoms with Gasteiger partial charge in [0.15, 0.2) is 0 Å². The summed E-state index contributed by atoms with van der Waals surface area (Å²) in [5, 5.41) is 11.2. The third-order valence-electron chi connectivity index (χ3n) is 3.80. The Balaban J connectivity index is 1.53. The topological polar surface area (TPSA) is 93.4 Å². The summed E-state index contributed by atoms with van der Waals surface area (Å²) in [6.07, 6.45) is 3.98. The van der Waals surface area contributed by atoms with Crippen molar-refractivity contribution in [3.05, 3.63) is 36.0 Å². The Hall–Kier alpha value is -2.64. The number of hydrogen-bond acceptors (Lipinski definition) is 7. The molecule has 1 aliphatic heterocycles. The summed E-state index contributed by atoms with van der Waals surface area (Å²) in [7, 11) is 0. The Morgan fingerprint density at radius 1 is 1.44 bits per heavy atom. The zero-order valence-electron chi connectivity index (χ0n) is 14.7. The first kappa shape index (κ1) is 17.2. The average Bonchev–Trinajstić information content (AvgIpc) is 3.21. The third kappa shape index (κ3) is 4.68. The summed E-state index contributed by atoms with van der Waals surface area (Å²) in [5.41, 5.74) is 0.530. The molecule has 0 aliphatic carbocycles. The molecular formula is C17H23N5O3. The summed E-state index contributed by atoms with van der Waals surface area (Å²) in [4.78, 5) is 17.9. The summed E-state index contributed by atoms with van der Waals surface area (Å²) >= 11 is 0. The Bertz CT molecular complexity index is 711. The van der Waals surface area contributed by atoms with E-state index in [9.17, 15) is 4.79 Å². The number of anilines is 1. The second-order valence-corrected chi connectivity index (χ2v) is 7.07. The van der Waals surface area contributed by atoms with E-state index in [1.54, 1.807) is 17.3 Å². The van der Waals surface area contributed by atoms with E-state index in [2.05, 4.69) is 20.5 Å². The first-order valence-electron chi connectivity index (χ1n) is 8.35. The molecular weight excluding hydrogens is 322 g/mol. The van der Waals surface area contributed by atoms with Crippen LogP contribution < -0.4 is 5.32 Å². The van der Waals surface area contributed by atoms with Crippen LogP contribution in [0.15, 0.2) is 28.9 Å². The second kappa shape index (κ2) is 7.08. The number of ether oxygens (including phenoxy) is 1. The average molecular weight is 345 g/mol. The summed E-state index contributed by atoms with van der Waals surface area (Å²) < 4.78 is 11.1.